The summed E-state index contributed by atoms with van der Waals surface area (Å²) in [5, 5.41) is 6.11. The normalized spacial score (nSPS) is 18.4. The van der Waals surface area contributed by atoms with Crippen molar-refractivity contribution in [2.45, 2.75) is 19.0 Å². The van der Waals surface area contributed by atoms with Gasteiger partial charge >= 0.3 is 0 Å². The molecule has 0 saturated carbocycles. The number of carbonyl (C=O) groups excluding carboxylic acids is 2. The Morgan fingerprint density at radius 2 is 2.04 bits per heavy atom. The van der Waals surface area contributed by atoms with Crippen molar-refractivity contribution >= 4 is 11.8 Å². The van der Waals surface area contributed by atoms with Gasteiger partial charge in [0.1, 0.15) is 6.04 Å². The van der Waals surface area contributed by atoms with Crippen LogP contribution in [0, 0.1) is 0 Å². The van der Waals surface area contributed by atoms with Crippen LogP contribution < -0.4 is 10.6 Å². The lowest BCUT2D eigenvalue weighted by Crippen LogP contribution is -2.54. The number of nitrogens with one attached hydrogen (secondary N) is 2. The summed E-state index contributed by atoms with van der Waals surface area (Å²) in [5.41, 5.74) is 1.54. The molecule has 1 aliphatic rings. The van der Waals surface area contributed by atoms with Crippen LogP contribution in [0.15, 0.2) is 54.9 Å². The predicted molar refractivity (Wildman–Crippen MR) is 94.9 cm³/mol. The lowest BCUT2D eigenvalue weighted by atomic mass is 10.0. The van der Waals surface area contributed by atoms with Gasteiger partial charge in [0.15, 0.2) is 0 Å². The Bertz CT molecular complexity index is 721. The monoisotopic (exact) mass is 338 g/mol. The van der Waals surface area contributed by atoms with E-state index in [0.29, 0.717) is 18.7 Å². The molecule has 1 saturated heterocycles. The molecule has 2 N–H and O–H groups in total. The number of benzene rings is 1. The zero-order chi connectivity index (χ0) is 17.6. The highest BCUT2D eigenvalue weighted by Crippen LogP contribution is 2.22. The van der Waals surface area contributed by atoms with E-state index >= 15 is 0 Å². The van der Waals surface area contributed by atoms with Gasteiger partial charge in [-0.25, -0.2) is 0 Å². The number of rotatable bonds is 4. The highest BCUT2D eigenvalue weighted by atomic mass is 16.2. The predicted octanol–water partition coefficient (Wildman–Crippen LogP) is 1.37. The zero-order valence-corrected chi connectivity index (χ0v) is 14.2. The number of hydrogen-bond donors (Lipinski definition) is 2. The van der Waals surface area contributed by atoms with E-state index in [-0.39, 0.29) is 17.9 Å². The van der Waals surface area contributed by atoms with Crippen molar-refractivity contribution in [1.82, 2.24) is 20.5 Å². The molecule has 2 aromatic rings. The van der Waals surface area contributed by atoms with Crippen LogP contribution in [-0.4, -0.2) is 47.4 Å². The molecule has 25 heavy (non-hydrogen) atoms. The largest absolute Gasteiger partial charge is 0.341 e. The highest BCUT2D eigenvalue weighted by Gasteiger charge is 2.31. The summed E-state index contributed by atoms with van der Waals surface area (Å²) in [6, 6.07) is 12.1. The second-order valence-corrected chi connectivity index (χ2v) is 6.10. The minimum atomic E-state index is -0.593. The van der Waals surface area contributed by atoms with Gasteiger partial charge in [-0.3, -0.25) is 14.6 Å². The van der Waals surface area contributed by atoms with Gasteiger partial charge in [0.2, 0.25) is 5.91 Å². The summed E-state index contributed by atoms with van der Waals surface area (Å²) < 4.78 is 0. The van der Waals surface area contributed by atoms with E-state index in [9.17, 15) is 9.59 Å². The third-order valence-corrected chi connectivity index (χ3v) is 4.35. The first kappa shape index (κ1) is 17.1. The van der Waals surface area contributed by atoms with Gasteiger partial charge < -0.3 is 15.5 Å². The smallest absolute Gasteiger partial charge is 0.251 e. The molecule has 1 aromatic carbocycles. The lowest BCUT2D eigenvalue weighted by molar-refractivity contribution is -0.136. The molecule has 2 amide bonds. The lowest BCUT2D eigenvalue weighted by Gasteiger charge is -2.38. The number of aromatic nitrogens is 1. The van der Waals surface area contributed by atoms with Crippen LogP contribution in [-0.2, 0) is 4.79 Å². The van der Waals surface area contributed by atoms with Gasteiger partial charge in [-0.1, -0.05) is 24.3 Å². The molecule has 6 heteroatoms. The Labute approximate surface area is 147 Å². The van der Waals surface area contributed by atoms with E-state index in [1.165, 1.54) is 0 Å². The number of hydrogen-bond acceptors (Lipinski definition) is 4. The highest BCUT2D eigenvalue weighted by molar-refractivity contribution is 5.97. The molecule has 0 bridgehead atoms. The molecular weight excluding hydrogens is 316 g/mol. The molecule has 2 unspecified atom stereocenters. The Hall–Kier alpha value is -2.73. The fourth-order valence-electron chi connectivity index (χ4n) is 3.02. The van der Waals surface area contributed by atoms with Crippen LogP contribution in [0.5, 0.6) is 0 Å². The van der Waals surface area contributed by atoms with Crippen molar-refractivity contribution in [3.63, 3.8) is 0 Å². The van der Waals surface area contributed by atoms with Crippen LogP contribution >= 0.6 is 0 Å². The van der Waals surface area contributed by atoms with Crippen LogP contribution in [0.25, 0.3) is 0 Å². The van der Waals surface area contributed by atoms with E-state index in [1.54, 1.807) is 43.6 Å². The van der Waals surface area contributed by atoms with Crippen LogP contribution in [0.1, 0.15) is 28.9 Å². The average Bonchev–Trinajstić information content (AvgIpc) is 2.68. The maximum Gasteiger partial charge on any atom is 0.251 e. The molecule has 1 fully saturated rings. The summed E-state index contributed by atoms with van der Waals surface area (Å²) in [6.45, 7) is 3.74. The SMILES string of the molecule is CC(NC(=O)c1ccccc1)C(=O)N1CCNCC1c1cccnc1. The van der Waals surface area contributed by atoms with Gasteiger partial charge in [-0.05, 0) is 30.7 Å². The molecular formula is C19H22N4O2. The molecule has 1 aromatic heterocycles. The molecule has 3 rings (SSSR count). The Kier molecular flexibility index (Phi) is 5.40. The first-order chi connectivity index (χ1) is 12.2. The summed E-state index contributed by atoms with van der Waals surface area (Å²) in [7, 11) is 0. The van der Waals surface area contributed by atoms with E-state index in [1.807, 2.05) is 23.1 Å². The first-order valence-corrected chi connectivity index (χ1v) is 8.44. The van der Waals surface area contributed by atoms with Crippen molar-refractivity contribution in [3.8, 4) is 0 Å². The number of carbonyl (C=O) groups is 2. The van der Waals surface area contributed by atoms with Crippen molar-refractivity contribution in [1.29, 1.82) is 0 Å². The molecule has 130 valence electrons. The molecule has 1 aliphatic heterocycles. The second kappa shape index (κ2) is 7.90. The van der Waals surface area contributed by atoms with E-state index in [4.69, 9.17) is 0 Å². The number of nitrogens with zero attached hydrogens (tertiary/aromatic N) is 2. The summed E-state index contributed by atoms with van der Waals surface area (Å²) in [4.78, 5) is 31.2. The second-order valence-electron chi connectivity index (χ2n) is 6.10. The van der Waals surface area contributed by atoms with Crippen LogP contribution in [0.4, 0.5) is 0 Å². The minimum absolute atomic E-state index is 0.0778. The Morgan fingerprint density at radius 3 is 2.76 bits per heavy atom. The number of piperazine rings is 1. The third-order valence-electron chi connectivity index (χ3n) is 4.35. The van der Waals surface area contributed by atoms with Gasteiger partial charge in [-0.2, -0.15) is 0 Å². The Morgan fingerprint density at radius 1 is 1.24 bits per heavy atom. The van der Waals surface area contributed by atoms with E-state index in [0.717, 1.165) is 12.1 Å². The third kappa shape index (κ3) is 4.03. The number of amides is 2. The first-order valence-electron chi connectivity index (χ1n) is 8.44. The Balaban J connectivity index is 1.70. The van der Waals surface area contributed by atoms with Gasteiger partial charge in [0.25, 0.3) is 5.91 Å². The van der Waals surface area contributed by atoms with Crippen molar-refractivity contribution in [2.24, 2.45) is 0 Å². The summed E-state index contributed by atoms with van der Waals surface area (Å²) in [5.74, 6) is -0.325. The summed E-state index contributed by atoms with van der Waals surface area (Å²) in [6.07, 6.45) is 3.50. The van der Waals surface area contributed by atoms with Crippen molar-refractivity contribution < 1.29 is 9.59 Å². The maximum atomic E-state index is 12.9. The standard InChI is InChI=1S/C19H22N4O2/c1-14(22-18(24)15-6-3-2-4-7-15)19(25)23-11-10-21-13-17(23)16-8-5-9-20-12-16/h2-9,12,14,17,21H,10-11,13H2,1H3,(H,22,24). The minimum Gasteiger partial charge on any atom is -0.341 e. The van der Waals surface area contributed by atoms with Gasteiger partial charge in [0, 0.05) is 37.6 Å². The molecule has 0 spiro atoms. The molecule has 2 heterocycles. The molecule has 0 radical (unpaired) electrons. The van der Waals surface area contributed by atoms with Gasteiger partial charge in [-0.15, -0.1) is 0 Å². The van der Waals surface area contributed by atoms with Gasteiger partial charge in [0.05, 0.1) is 6.04 Å². The fourth-order valence-corrected chi connectivity index (χ4v) is 3.02. The van der Waals surface area contributed by atoms with E-state index < -0.39 is 6.04 Å². The topological polar surface area (TPSA) is 74.3 Å². The van der Waals surface area contributed by atoms with Crippen molar-refractivity contribution in [2.75, 3.05) is 19.6 Å². The maximum absolute atomic E-state index is 12.9. The summed E-state index contributed by atoms with van der Waals surface area (Å²) >= 11 is 0. The average molecular weight is 338 g/mol. The number of pyridine rings is 1. The van der Waals surface area contributed by atoms with E-state index in [2.05, 4.69) is 15.6 Å². The zero-order valence-electron chi connectivity index (χ0n) is 14.2. The molecule has 6 nitrogen and oxygen atoms in total. The molecule has 0 aliphatic carbocycles. The quantitative estimate of drug-likeness (QED) is 0.883. The van der Waals surface area contributed by atoms with Crippen LogP contribution in [0.2, 0.25) is 0 Å². The fraction of sp³-hybridized carbons (Fsp3) is 0.316. The van der Waals surface area contributed by atoms with Crippen LogP contribution in [0.3, 0.4) is 0 Å². The molecule has 2 atom stereocenters. The van der Waals surface area contributed by atoms with Crippen molar-refractivity contribution in [3.05, 3.63) is 66.0 Å².